The second-order valence-electron chi connectivity index (χ2n) is 3.53. The summed E-state index contributed by atoms with van der Waals surface area (Å²) in [5, 5.41) is 11.3. The molecule has 0 spiro atoms. The zero-order valence-electron chi connectivity index (χ0n) is 8.64. The van der Waals surface area contributed by atoms with Crippen molar-refractivity contribution in [3.8, 4) is 6.07 Å². The molecule has 0 saturated heterocycles. The molecule has 82 valence electrons. The van der Waals surface area contributed by atoms with Gasteiger partial charge in [0.2, 0.25) is 0 Å². The van der Waals surface area contributed by atoms with E-state index in [0.717, 1.165) is 4.88 Å². The van der Waals surface area contributed by atoms with Crippen LogP contribution in [0.4, 0.5) is 0 Å². The summed E-state index contributed by atoms with van der Waals surface area (Å²) in [4.78, 5) is 12.6. The first-order chi connectivity index (χ1) is 7.65. The molecule has 2 heterocycles. The first-order valence-electron chi connectivity index (χ1n) is 4.75. The van der Waals surface area contributed by atoms with Crippen molar-refractivity contribution in [1.29, 1.82) is 5.26 Å². The van der Waals surface area contributed by atoms with Crippen molar-refractivity contribution in [3.05, 3.63) is 33.0 Å². The van der Waals surface area contributed by atoms with Gasteiger partial charge in [-0.3, -0.25) is 4.79 Å². The third-order valence-electron chi connectivity index (χ3n) is 2.50. The Balaban J connectivity index is 2.45. The van der Waals surface area contributed by atoms with Crippen molar-refractivity contribution in [3.63, 3.8) is 0 Å². The maximum atomic E-state index is 11.6. The first-order valence-corrected chi connectivity index (χ1v) is 6.51. The van der Waals surface area contributed by atoms with Crippen molar-refractivity contribution in [2.45, 2.75) is 18.1 Å². The normalized spacial score (nSPS) is 24.5. The van der Waals surface area contributed by atoms with Crippen LogP contribution in [0.15, 0.2) is 28.1 Å². The molecule has 0 bridgehead atoms. The number of hydrogen-bond donors (Lipinski definition) is 1. The molecule has 1 aliphatic rings. The maximum Gasteiger partial charge on any atom is 0.144 e. The summed E-state index contributed by atoms with van der Waals surface area (Å²) < 4.78 is 0. The van der Waals surface area contributed by atoms with Gasteiger partial charge in [0, 0.05) is 4.88 Å². The minimum absolute atomic E-state index is 0.0663. The quantitative estimate of drug-likeness (QED) is 0.874. The van der Waals surface area contributed by atoms with Crippen LogP contribution in [-0.4, -0.2) is 11.0 Å². The van der Waals surface area contributed by atoms with Crippen LogP contribution >= 0.6 is 23.1 Å². The number of hydrogen-bond acceptors (Lipinski definition) is 5. The number of nitrogens with zero attached hydrogens (tertiary/aromatic N) is 1. The molecule has 0 amide bonds. The number of Topliss-reactive ketones (excluding diaryl/α,β-unsaturated/α-hetero) is 1. The highest BCUT2D eigenvalue weighted by Gasteiger charge is 2.39. The zero-order chi connectivity index (χ0) is 11.7. The maximum absolute atomic E-state index is 11.6. The summed E-state index contributed by atoms with van der Waals surface area (Å²) in [5.41, 5.74) is 6.32. The highest BCUT2D eigenvalue weighted by Crippen LogP contribution is 2.46. The number of carbonyl (C=O) groups is 1. The van der Waals surface area contributed by atoms with Gasteiger partial charge >= 0.3 is 0 Å². The van der Waals surface area contributed by atoms with E-state index in [4.69, 9.17) is 11.0 Å². The molecule has 1 aromatic rings. The predicted octanol–water partition coefficient (Wildman–Crippen LogP) is 2.23. The molecule has 1 aliphatic heterocycles. The molecule has 2 atom stereocenters. The topological polar surface area (TPSA) is 66.9 Å². The molecule has 5 heteroatoms. The first kappa shape index (κ1) is 11.2. The number of carbonyl (C=O) groups excluding carboxylic acids is 1. The van der Waals surface area contributed by atoms with E-state index >= 15 is 0 Å². The molecule has 0 fully saturated rings. The molecular weight excluding hydrogens is 240 g/mol. The zero-order valence-corrected chi connectivity index (χ0v) is 10.3. The van der Waals surface area contributed by atoms with E-state index in [-0.39, 0.29) is 17.0 Å². The Morgan fingerprint density at radius 1 is 1.62 bits per heavy atom. The lowest BCUT2D eigenvalue weighted by Gasteiger charge is -2.14. The number of thiophene rings is 1. The SMILES string of the molecule is CC(=O)[C@H]1SC(N)=C(C#N)[C@H]1c1cccs1. The third kappa shape index (κ3) is 1.75. The van der Waals surface area contributed by atoms with Gasteiger partial charge in [0.25, 0.3) is 0 Å². The van der Waals surface area contributed by atoms with Crippen LogP contribution in [0.1, 0.15) is 17.7 Å². The molecule has 1 aromatic heterocycles. The van der Waals surface area contributed by atoms with Crippen LogP contribution in [0.3, 0.4) is 0 Å². The van der Waals surface area contributed by atoms with Crippen molar-refractivity contribution in [2.75, 3.05) is 0 Å². The predicted molar refractivity (Wildman–Crippen MR) is 65.9 cm³/mol. The Hall–Kier alpha value is -1.25. The van der Waals surface area contributed by atoms with E-state index in [1.165, 1.54) is 11.8 Å². The van der Waals surface area contributed by atoms with Gasteiger partial charge in [-0.1, -0.05) is 17.8 Å². The molecule has 2 N–H and O–H groups in total. The molecule has 0 aromatic carbocycles. The lowest BCUT2D eigenvalue weighted by molar-refractivity contribution is -0.116. The van der Waals surface area contributed by atoms with E-state index in [1.54, 1.807) is 18.3 Å². The second kappa shape index (κ2) is 4.32. The molecule has 2 rings (SSSR count). The van der Waals surface area contributed by atoms with Crippen LogP contribution in [-0.2, 0) is 4.79 Å². The summed E-state index contributed by atoms with van der Waals surface area (Å²) in [5.74, 6) is -0.0934. The number of rotatable bonds is 2. The number of nitrogens with two attached hydrogens (primary N) is 1. The van der Waals surface area contributed by atoms with Crippen LogP contribution in [0, 0.1) is 11.3 Å². The Labute approximate surface area is 102 Å². The number of allylic oxidation sites excluding steroid dienone is 1. The molecule has 0 radical (unpaired) electrons. The van der Waals surface area contributed by atoms with Gasteiger partial charge in [-0.25, -0.2) is 0 Å². The fraction of sp³-hybridized carbons (Fsp3) is 0.273. The van der Waals surface area contributed by atoms with E-state index in [1.807, 2.05) is 17.5 Å². The van der Waals surface area contributed by atoms with E-state index in [2.05, 4.69) is 6.07 Å². The van der Waals surface area contributed by atoms with Gasteiger partial charge < -0.3 is 5.73 Å². The Morgan fingerprint density at radius 2 is 2.38 bits per heavy atom. The lowest BCUT2D eigenvalue weighted by atomic mass is 9.93. The average molecular weight is 250 g/mol. The highest BCUT2D eigenvalue weighted by atomic mass is 32.2. The van der Waals surface area contributed by atoms with Gasteiger partial charge in [0.15, 0.2) is 0 Å². The van der Waals surface area contributed by atoms with Crippen molar-refractivity contribution in [1.82, 2.24) is 0 Å². The molecule has 0 saturated carbocycles. The molecule has 0 aliphatic carbocycles. The molecule has 16 heavy (non-hydrogen) atoms. The van der Waals surface area contributed by atoms with Gasteiger partial charge in [-0.2, -0.15) is 5.26 Å². The van der Waals surface area contributed by atoms with E-state index < -0.39 is 0 Å². The van der Waals surface area contributed by atoms with Crippen LogP contribution < -0.4 is 5.73 Å². The Bertz CT molecular complexity index is 485. The molecular formula is C11H10N2OS2. The summed E-state index contributed by atoms with van der Waals surface area (Å²) in [6.07, 6.45) is 0. The Kier molecular flexibility index (Phi) is 3.03. The third-order valence-corrected chi connectivity index (χ3v) is 4.79. The number of nitriles is 1. The van der Waals surface area contributed by atoms with Crippen LogP contribution in [0.2, 0.25) is 0 Å². The highest BCUT2D eigenvalue weighted by molar-refractivity contribution is 8.04. The van der Waals surface area contributed by atoms with Crippen molar-refractivity contribution >= 4 is 28.9 Å². The summed E-state index contributed by atoms with van der Waals surface area (Å²) in [6.45, 7) is 1.55. The monoisotopic (exact) mass is 250 g/mol. The fourth-order valence-corrected chi connectivity index (χ4v) is 3.89. The second-order valence-corrected chi connectivity index (χ2v) is 5.69. The van der Waals surface area contributed by atoms with Crippen LogP contribution in [0.5, 0.6) is 0 Å². The van der Waals surface area contributed by atoms with Gasteiger partial charge in [-0.15, -0.1) is 11.3 Å². The minimum atomic E-state index is -0.242. The fourth-order valence-electron chi connectivity index (χ4n) is 1.77. The van der Waals surface area contributed by atoms with Crippen molar-refractivity contribution in [2.24, 2.45) is 5.73 Å². The van der Waals surface area contributed by atoms with Gasteiger partial charge in [0.05, 0.1) is 27.8 Å². The summed E-state index contributed by atoms with van der Waals surface area (Å²) >= 11 is 2.86. The minimum Gasteiger partial charge on any atom is -0.393 e. The van der Waals surface area contributed by atoms with E-state index in [9.17, 15) is 4.79 Å². The standard InChI is InChI=1S/C11H10N2OS2/c1-6(14)10-9(8-3-2-4-15-8)7(5-12)11(13)16-10/h2-4,9-10H,13H2,1H3/t9-,10+/m0/s1. The van der Waals surface area contributed by atoms with Crippen molar-refractivity contribution < 1.29 is 4.79 Å². The molecule has 0 unspecified atom stereocenters. The lowest BCUT2D eigenvalue weighted by Crippen LogP contribution is -2.19. The summed E-state index contributed by atoms with van der Waals surface area (Å²) in [6, 6.07) is 5.99. The van der Waals surface area contributed by atoms with Crippen LogP contribution in [0.25, 0.3) is 0 Å². The number of ketones is 1. The summed E-state index contributed by atoms with van der Waals surface area (Å²) in [7, 11) is 0. The largest absolute Gasteiger partial charge is 0.393 e. The smallest absolute Gasteiger partial charge is 0.144 e. The van der Waals surface area contributed by atoms with Gasteiger partial charge in [-0.05, 0) is 18.4 Å². The average Bonchev–Trinajstić information content (AvgIpc) is 2.83. The number of thioether (sulfide) groups is 1. The van der Waals surface area contributed by atoms with Gasteiger partial charge in [0.1, 0.15) is 5.78 Å². The molecule has 3 nitrogen and oxygen atoms in total. The Morgan fingerprint density at radius 3 is 2.88 bits per heavy atom. The van der Waals surface area contributed by atoms with E-state index in [0.29, 0.717) is 10.6 Å².